The minimum atomic E-state index is 0.986. The summed E-state index contributed by atoms with van der Waals surface area (Å²) in [5.41, 5.74) is 5.35. The molecule has 0 saturated carbocycles. The molecule has 0 bridgehead atoms. The van der Waals surface area contributed by atoms with Crippen LogP contribution in [0.2, 0.25) is 0 Å². The van der Waals surface area contributed by atoms with Gasteiger partial charge in [0.1, 0.15) is 0 Å². The van der Waals surface area contributed by atoms with Gasteiger partial charge in [-0.3, -0.25) is 4.99 Å². The van der Waals surface area contributed by atoms with E-state index in [9.17, 15) is 0 Å². The lowest BCUT2D eigenvalue weighted by molar-refractivity contribution is 0.844. The molecule has 0 aromatic heterocycles. The van der Waals surface area contributed by atoms with Gasteiger partial charge in [-0.05, 0) is 43.9 Å². The summed E-state index contributed by atoms with van der Waals surface area (Å²) in [4.78, 5) is 4.52. The first kappa shape index (κ1) is 8.49. The van der Waals surface area contributed by atoms with Crippen molar-refractivity contribution in [2.45, 2.75) is 26.7 Å². The predicted molar refractivity (Wildman–Crippen MR) is 56.6 cm³/mol. The van der Waals surface area contributed by atoms with E-state index in [4.69, 9.17) is 0 Å². The summed E-state index contributed by atoms with van der Waals surface area (Å²) in [6, 6.07) is 6.69. The van der Waals surface area contributed by atoms with Gasteiger partial charge in [0, 0.05) is 12.3 Å². The maximum atomic E-state index is 4.52. The topological polar surface area (TPSA) is 12.4 Å². The molecule has 1 nitrogen and oxygen atoms in total. The number of benzene rings is 1. The SMILES string of the molecule is CC1=NCCCc2ccc(C)cc21. The molecule has 0 radical (unpaired) electrons. The molecule has 1 heteroatoms. The Morgan fingerprint density at radius 2 is 2.08 bits per heavy atom. The molecule has 68 valence electrons. The Morgan fingerprint density at radius 1 is 1.23 bits per heavy atom. The summed E-state index contributed by atoms with van der Waals surface area (Å²) in [5, 5.41) is 0. The second-order valence-corrected chi connectivity index (χ2v) is 3.73. The zero-order valence-corrected chi connectivity index (χ0v) is 8.30. The van der Waals surface area contributed by atoms with Crippen molar-refractivity contribution >= 4 is 5.71 Å². The van der Waals surface area contributed by atoms with Crippen LogP contribution in [0, 0.1) is 6.92 Å². The fraction of sp³-hybridized carbons (Fsp3) is 0.417. The van der Waals surface area contributed by atoms with Crippen molar-refractivity contribution in [3.8, 4) is 0 Å². The number of hydrogen-bond donors (Lipinski definition) is 0. The van der Waals surface area contributed by atoms with Crippen LogP contribution in [-0.2, 0) is 6.42 Å². The quantitative estimate of drug-likeness (QED) is 0.572. The highest BCUT2D eigenvalue weighted by atomic mass is 14.7. The summed E-state index contributed by atoms with van der Waals surface area (Å²) in [7, 11) is 0. The highest BCUT2D eigenvalue weighted by molar-refractivity contribution is 6.00. The van der Waals surface area contributed by atoms with Crippen LogP contribution in [0.1, 0.15) is 30.0 Å². The molecule has 0 N–H and O–H groups in total. The van der Waals surface area contributed by atoms with E-state index in [1.807, 2.05) is 0 Å². The fourth-order valence-electron chi connectivity index (χ4n) is 1.85. The summed E-state index contributed by atoms with van der Waals surface area (Å²) >= 11 is 0. The lowest BCUT2D eigenvalue weighted by atomic mass is 9.99. The van der Waals surface area contributed by atoms with Crippen molar-refractivity contribution in [3.63, 3.8) is 0 Å². The first-order valence-corrected chi connectivity index (χ1v) is 4.88. The van der Waals surface area contributed by atoms with Crippen molar-refractivity contribution in [3.05, 3.63) is 34.9 Å². The van der Waals surface area contributed by atoms with Crippen LogP contribution in [-0.4, -0.2) is 12.3 Å². The summed E-state index contributed by atoms with van der Waals surface area (Å²) < 4.78 is 0. The van der Waals surface area contributed by atoms with E-state index in [2.05, 4.69) is 37.0 Å². The van der Waals surface area contributed by atoms with E-state index in [0.29, 0.717) is 0 Å². The van der Waals surface area contributed by atoms with Gasteiger partial charge >= 0.3 is 0 Å². The van der Waals surface area contributed by atoms with Gasteiger partial charge in [0.15, 0.2) is 0 Å². The lowest BCUT2D eigenvalue weighted by Gasteiger charge is -2.06. The van der Waals surface area contributed by atoms with Gasteiger partial charge in [0.2, 0.25) is 0 Å². The van der Waals surface area contributed by atoms with E-state index in [-0.39, 0.29) is 0 Å². The monoisotopic (exact) mass is 173 g/mol. The van der Waals surface area contributed by atoms with Crippen LogP contribution >= 0.6 is 0 Å². The summed E-state index contributed by atoms with van der Waals surface area (Å²) in [6.07, 6.45) is 2.36. The van der Waals surface area contributed by atoms with Gasteiger partial charge < -0.3 is 0 Å². The first-order chi connectivity index (χ1) is 6.27. The second-order valence-electron chi connectivity index (χ2n) is 3.73. The molecule has 1 aromatic rings. The van der Waals surface area contributed by atoms with Crippen molar-refractivity contribution in [1.29, 1.82) is 0 Å². The molecular weight excluding hydrogens is 158 g/mol. The van der Waals surface area contributed by atoms with E-state index in [1.165, 1.54) is 35.2 Å². The summed E-state index contributed by atoms with van der Waals surface area (Å²) in [5.74, 6) is 0. The molecule has 0 aliphatic carbocycles. The molecule has 0 unspecified atom stereocenters. The van der Waals surface area contributed by atoms with E-state index < -0.39 is 0 Å². The Kier molecular flexibility index (Phi) is 2.17. The Morgan fingerprint density at radius 3 is 2.92 bits per heavy atom. The average Bonchev–Trinajstić information content (AvgIpc) is 2.29. The van der Waals surface area contributed by atoms with Gasteiger partial charge in [-0.2, -0.15) is 0 Å². The van der Waals surface area contributed by atoms with Crippen LogP contribution in [0.3, 0.4) is 0 Å². The number of aliphatic imine (C=N–C) groups is 1. The van der Waals surface area contributed by atoms with Gasteiger partial charge in [-0.1, -0.05) is 17.7 Å². The second kappa shape index (κ2) is 3.33. The van der Waals surface area contributed by atoms with Gasteiger partial charge in [-0.15, -0.1) is 0 Å². The standard InChI is InChI=1S/C12H15N/c1-9-5-6-11-4-3-7-13-10(2)12(11)8-9/h5-6,8H,3-4,7H2,1-2H3. The number of rotatable bonds is 0. The van der Waals surface area contributed by atoms with Crippen molar-refractivity contribution in [2.24, 2.45) is 4.99 Å². The smallest absolute Gasteiger partial charge is 0.0395 e. The van der Waals surface area contributed by atoms with E-state index in [1.54, 1.807) is 0 Å². The number of aryl methyl sites for hydroxylation is 2. The van der Waals surface area contributed by atoms with Crippen LogP contribution in [0.5, 0.6) is 0 Å². The Labute approximate surface area is 79.5 Å². The molecule has 1 aliphatic heterocycles. The van der Waals surface area contributed by atoms with Crippen molar-refractivity contribution in [2.75, 3.05) is 6.54 Å². The zero-order chi connectivity index (χ0) is 9.26. The normalized spacial score (nSPS) is 16.0. The van der Waals surface area contributed by atoms with Gasteiger partial charge in [-0.25, -0.2) is 0 Å². The van der Waals surface area contributed by atoms with Crippen molar-refractivity contribution < 1.29 is 0 Å². The highest BCUT2D eigenvalue weighted by Crippen LogP contribution is 2.17. The van der Waals surface area contributed by atoms with Gasteiger partial charge in [0.25, 0.3) is 0 Å². The molecule has 0 atom stereocenters. The molecule has 1 aromatic carbocycles. The highest BCUT2D eigenvalue weighted by Gasteiger charge is 2.08. The molecule has 0 saturated heterocycles. The van der Waals surface area contributed by atoms with E-state index in [0.717, 1.165) is 6.54 Å². The number of hydrogen-bond acceptors (Lipinski definition) is 1. The largest absolute Gasteiger partial charge is 0.289 e. The maximum absolute atomic E-state index is 4.52. The van der Waals surface area contributed by atoms with Crippen LogP contribution in [0.15, 0.2) is 23.2 Å². The van der Waals surface area contributed by atoms with Crippen LogP contribution in [0.4, 0.5) is 0 Å². The average molecular weight is 173 g/mol. The molecule has 0 fully saturated rings. The first-order valence-electron chi connectivity index (χ1n) is 4.88. The molecular formula is C12H15N. The maximum Gasteiger partial charge on any atom is 0.0395 e. The Bertz CT molecular complexity index is 350. The van der Waals surface area contributed by atoms with Gasteiger partial charge in [0.05, 0.1) is 0 Å². The number of fused-ring (bicyclic) bond motifs is 1. The molecule has 0 spiro atoms. The molecule has 13 heavy (non-hydrogen) atoms. The molecule has 1 heterocycles. The van der Waals surface area contributed by atoms with Crippen LogP contribution < -0.4 is 0 Å². The van der Waals surface area contributed by atoms with Crippen molar-refractivity contribution in [1.82, 2.24) is 0 Å². The summed E-state index contributed by atoms with van der Waals surface area (Å²) in [6.45, 7) is 5.24. The van der Waals surface area contributed by atoms with Crippen LogP contribution in [0.25, 0.3) is 0 Å². The minimum absolute atomic E-state index is 0.986. The number of nitrogens with zero attached hydrogens (tertiary/aromatic N) is 1. The third-order valence-corrected chi connectivity index (χ3v) is 2.61. The zero-order valence-electron chi connectivity index (χ0n) is 8.30. The van der Waals surface area contributed by atoms with E-state index >= 15 is 0 Å². The molecule has 0 amide bonds. The lowest BCUT2D eigenvalue weighted by Crippen LogP contribution is -1.98. The molecule has 1 aliphatic rings. The third kappa shape index (κ3) is 1.64. The third-order valence-electron chi connectivity index (χ3n) is 2.61. The Hall–Kier alpha value is -1.11. The predicted octanol–water partition coefficient (Wildman–Crippen LogP) is 2.75. The Balaban J connectivity index is 2.54. The minimum Gasteiger partial charge on any atom is -0.289 e. The molecule has 2 rings (SSSR count). The fourth-order valence-corrected chi connectivity index (χ4v) is 1.85.